The van der Waals surface area contributed by atoms with Crippen LogP contribution in [0.4, 0.5) is 0 Å². The molecule has 1 aromatic carbocycles. The summed E-state index contributed by atoms with van der Waals surface area (Å²) >= 11 is 0. The van der Waals surface area contributed by atoms with Crippen LogP contribution in [0, 0.1) is 6.92 Å². The quantitative estimate of drug-likeness (QED) is 0.811. The summed E-state index contributed by atoms with van der Waals surface area (Å²) in [5.74, 6) is 0. The molecule has 0 aliphatic rings. The molecule has 0 aliphatic carbocycles. The molecule has 1 aromatic heterocycles. The molecule has 0 aliphatic heterocycles. The van der Waals surface area contributed by atoms with Crippen molar-refractivity contribution >= 4 is 10.0 Å². The highest BCUT2D eigenvalue weighted by molar-refractivity contribution is 7.89. The molecule has 1 heterocycles. The van der Waals surface area contributed by atoms with Gasteiger partial charge >= 0.3 is 0 Å². The van der Waals surface area contributed by atoms with Gasteiger partial charge in [-0.15, -0.1) is 0 Å². The zero-order valence-corrected chi connectivity index (χ0v) is 12.9. The number of sulfonamides is 1. The van der Waals surface area contributed by atoms with Gasteiger partial charge in [-0.2, -0.15) is 0 Å². The lowest BCUT2D eigenvalue weighted by molar-refractivity contribution is 0.411. The van der Waals surface area contributed by atoms with Crippen LogP contribution < -0.4 is 10.0 Å². The van der Waals surface area contributed by atoms with Gasteiger partial charge in [0.1, 0.15) is 6.26 Å². The highest BCUT2D eigenvalue weighted by atomic mass is 32.2. The van der Waals surface area contributed by atoms with Gasteiger partial charge in [-0.1, -0.05) is 24.2 Å². The third-order valence-electron chi connectivity index (χ3n) is 3.19. The molecule has 0 saturated heterocycles. The van der Waals surface area contributed by atoms with E-state index in [0.29, 0.717) is 17.1 Å². The maximum absolute atomic E-state index is 12.4. The summed E-state index contributed by atoms with van der Waals surface area (Å²) in [6.45, 7) is 5.41. The summed E-state index contributed by atoms with van der Waals surface area (Å²) in [7, 11) is -3.57. The first kappa shape index (κ1) is 15.7. The first-order chi connectivity index (χ1) is 10.0. The average Bonchev–Trinajstić information content (AvgIpc) is 2.97. The van der Waals surface area contributed by atoms with Gasteiger partial charge in [-0.05, 0) is 30.7 Å². The van der Waals surface area contributed by atoms with E-state index in [9.17, 15) is 8.42 Å². The SMILES string of the molecule is CCNCc1cccc(S(=O)(=O)NCc2ccon2)c1C. The fraction of sp³-hybridized carbons (Fsp3) is 0.357. The lowest BCUT2D eigenvalue weighted by atomic mass is 10.1. The molecule has 0 bridgehead atoms. The second kappa shape index (κ2) is 6.84. The van der Waals surface area contributed by atoms with E-state index >= 15 is 0 Å². The smallest absolute Gasteiger partial charge is 0.241 e. The van der Waals surface area contributed by atoms with Crippen LogP contribution in [0.1, 0.15) is 23.7 Å². The molecule has 114 valence electrons. The monoisotopic (exact) mass is 309 g/mol. The maximum Gasteiger partial charge on any atom is 0.241 e. The minimum absolute atomic E-state index is 0.107. The topological polar surface area (TPSA) is 84.2 Å². The van der Waals surface area contributed by atoms with Gasteiger partial charge in [-0.3, -0.25) is 0 Å². The fourth-order valence-corrected chi connectivity index (χ4v) is 3.26. The van der Waals surface area contributed by atoms with Crippen molar-refractivity contribution in [3.8, 4) is 0 Å². The molecule has 0 unspecified atom stereocenters. The van der Waals surface area contributed by atoms with Crippen molar-refractivity contribution < 1.29 is 12.9 Å². The van der Waals surface area contributed by atoms with Crippen molar-refractivity contribution in [3.63, 3.8) is 0 Å². The summed E-state index contributed by atoms with van der Waals surface area (Å²) in [6.07, 6.45) is 1.41. The molecule has 0 atom stereocenters. The number of rotatable bonds is 7. The highest BCUT2D eigenvalue weighted by Gasteiger charge is 2.18. The van der Waals surface area contributed by atoms with Gasteiger partial charge in [-0.25, -0.2) is 13.1 Å². The van der Waals surface area contributed by atoms with E-state index in [0.717, 1.165) is 17.7 Å². The van der Waals surface area contributed by atoms with Crippen LogP contribution in [-0.4, -0.2) is 20.1 Å². The van der Waals surface area contributed by atoms with E-state index in [-0.39, 0.29) is 6.54 Å². The van der Waals surface area contributed by atoms with Gasteiger partial charge in [0.2, 0.25) is 10.0 Å². The Morgan fingerprint density at radius 1 is 1.24 bits per heavy atom. The lowest BCUT2D eigenvalue weighted by Crippen LogP contribution is -2.25. The highest BCUT2D eigenvalue weighted by Crippen LogP contribution is 2.19. The molecule has 2 N–H and O–H groups in total. The van der Waals surface area contributed by atoms with Gasteiger partial charge in [0, 0.05) is 12.6 Å². The predicted octanol–water partition coefficient (Wildman–Crippen LogP) is 1.57. The minimum Gasteiger partial charge on any atom is -0.364 e. The summed E-state index contributed by atoms with van der Waals surface area (Å²) in [5.41, 5.74) is 2.27. The van der Waals surface area contributed by atoms with Gasteiger partial charge in [0.25, 0.3) is 0 Å². The van der Waals surface area contributed by atoms with Crippen LogP contribution in [0.2, 0.25) is 0 Å². The largest absolute Gasteiger partial charge is 0.364 e. The molecule has 0 radical (unpaired) electrons. The van der Waals surface area contributed by atoms with E-state index in [1.165, 1.54) is 6.26 Å². The standard InChI is InChI=1S/C14H19N3O3S/c1-3-15-9-12-5-4-6-14(11(12)2)21(18,19)16-10-13-7-8-20-17-13/h4-8,15-16H,3,9-10H2,1-2H3. The zero-order valence-electron chi connectivity index (χ0n) is 12.1. The van der Waals surface area contributed by atoms with E-state index in [1.807, 2.05) is 19.9 Å². The third kappa shape index (κ3) is 3.90. The Hall–Kier alpha value is -1.70. The number of hydrogen-bond acceptors (Lipinski definition) is 5. The molecular weight excluding hydrogens is 290 g/mol. The normalized spacial score (nSPS) is 11.7. The van der Waals surface area contributed by atoms with E-state index in [4.69, 9.17) is 0 Å². The van der Waals surface area contributed by atoms with E-state index in [2.05, 4.69) is 19.7 Å². The van der Waals surface area contributed by atoms with Gasteiger partial charge in [0.15, 0.2) is 0 Å². The summed E-state index contributed by atoms with van der Waals surface area (Å²) < 4.78 is 32.0. The fourth-order valence-electron chi connectivity index (χ4n) is 1.98. The van der Waals surface area contributed by atoms with Crippen LogP contribution in [0.15, 0.2) is 39.9 Å². The van der Waals surface area contributed by atoms with Gasteiger partial charge < -0.3 is 9.84 Å². The van der Waals surface area contributed by atoms with Crippen molar-refractivity contribution in [3.05, 3.63) is 47.3 Å². The first-order valence-electron chi connectivity index (χ1n) is 6.72. The zero-order chi connectivity index (χ0) is 15.3. The Kier molecular flexibility index (Phi) is 5.11. The predicted molar refractivity (Wildman–Crippen MR) is 79.1 cm³/mol. The molecule has 0 saturated carbocycles. The summed E-state index contributed by atoms with van der Waals surface area (Å²) in [5, 5.41) is 6.88. The molecule has 2 aromatic rings. The van der Waals surface area contributed by atoms with Crippen LogP contribution in [-0.2, 0) is 23.1 Å². The second-order valence-electron chi connectivity index (χ2n) is 4.64. The molecule has 0 amide bonds. The average molecular weight is 309 g/mol. The number of nitrogens with zero attached hydrogens (tertiary/aromatic N) is 1. The Morgan fingerprint density at radius 3 is 2.71 bits per heavy atom. The van der Waals surface area contributed by atoms with E-state index < -0.39 is 10.0 Å². The molecule has 2 rings (SSSR count). The Labute approximate surface area is 124 Å². The Bertz CT molecular complexity index is 681. The van der Waals surface area contributed by atoms with Crippen LogP contribution >= 0.6 is 0 Å². The number of aromatic nitrogens is 1. The maximum atomic E-state index is 12.4. The van der Waals surface area contributed by atoms with E-state index in [1.54, 1.807) is 18.2 Å². The summed E-state index contributed by atoms with van der Waals surface area (Å²) in [4.78, 5) is 0.293. The summed E-state index contributed by atoms with van der Waals surface area (Å²) in [6, 6.07) is 6.91. The molecule has 21 heavy (non-hydrogen) atoms. The lowest BCUT2D eigenvalue weighted by Gasteiger charge is -2.12. The Balaban J connectivity index is 2.19. The third-order valence-corrected chi connectivity index (χ3v) is 4.73. The van der Waals surface area contributed by atoms with Crippen molar-refractivity contribution in [2.24, 2.45) is 0 Å². The molecule has 0 fully saturated rings. The molecule has 6 nitrogen and oxygen atoms in total. The van der Waals surface area contributed by atoms with Crippen molar-refractivity contribution in [1.29, 1.82) is 0 Å². The number of hydrogen-bond donors (Lipinski definition) is 2. The minimum atomic E-state index is -3.57. The number of nitrogens with one attached hydrogen (secondary N) is 2. The van der Waals surface area contributed by atoms with Crippen molar-refractivity contribution in [2.45, 2.75) is 31.8 Å². The van der Waals surface area contributed by atoms with Crippen molar-refractivity contribution in [1.82, 2.24) is 15.2 Å². The van der Waals surface area contributed by atoms with Crippen molar-refractivity contribution in [2.75, 3.05) is 6.54 Å². The van der Waals surface area contributed by atoms with Gasteiger partial charge in [0.05, 0.1) is 17.1 Å². The first-order valence-corrected chi connectivity index (χ1v) is 8.21. The second-order valence-corrected chi connectivity index (χ2v) is 6.37. The van der Waals surface area contributed by atoms with Crippen LogP contribution in [0.25, 0.3) is 0 Å². The van der Waals surface area contributed by atoms with Crippen LogP contribution in [0.3, 0.4) is 0 Å². The molecule has 0 spiro atoms. The molecular formula is C14H19N3O3S. The van der Waals surface area contributed by atoms with Crippen LogP contribution in [0.5, 0.6) is 0 Å². The number of benzene rings is 1. The molecule has 7 heteroatoms. The Morgan fingerprint density at radius 2 is 2.05 bits per heavy atom.